The fourth-order valence-corrected chi connectivity index (χ4v) is 3.82. The summed E-state index contributed by atoms with van der Waals surface area (Å²) in [6.45, 7) is 0.472. The lowest BCUT2D eigenvalue weighted by Crippen LogP contribution is -2.22. The highest BCUT2D eigenvalue weighted by atomic mass is 16.5. The summed E-state index contributed by atoms with van der Waals surface area (Å²) >= 11 is 0. The summed E-state index contributed by atoms with van der Waals surface area (Å²) in [6, 6.07) is 30.5. The number of aromatic nitrogens is 2. The number of carbonyl (C=O) groups is 1. The molecule has 0 radical (unpaired) electrons. The standard InChI is InChI=1S/C29H25N3O4/c1-34-25-14-8-9-15-26(25)35-20-24-16-17-27(36-24)29(33)30-18-22-19-32(23-12-6-3-7-13-23)31-28(22)21-10-4-2-5-11-21/h2-17,19H,18,20H2,1H3,(H,30,33). The summed E-state index contributed by atoms with van der Waals surface area (Å²) in [7, 11) is 1.59. The van der Waals surface area contributed by atoms with Gasteiger partial charge in [-0.05, 0) is 36.4 Å². The minimum Gasteiger partial charge on any atom is -0.493 e. The number of nitrogens with one attached hydrogen (secondary N) is 1. The van der Waals surface area contributed by atoms with Gasteiger partial charge in [-0.2, -0.15) is 5.10 Å². The lowest BCUT2D eigenvalue weighted by molar-refractivity contribution is 0.0919. The van der Waals surface area contributed by atoms with Crippen LogP contribution in [0.4, 0.5) is 0 Å². The normalized spacial score (nSPS) is 10.7. The maximum absolute atomic E-state index is 12.8. The first-order chi connectivity index (χ1) is 17.7. The molecule has 0 aliphatic rings. The Bertz CT molecular complexity index is 1440. The van der Waals surface area contributed by atoms with Crippen molar-refractivity contribution < 1.29 is 18.7 Å². The van der Waals surface area contributed by atoms with Gasteiger partial charge in [0.25, 0.3) is 5.91 Å². The van der Waals surface area contributed by atoms with Gasteiger partial charge in [-0.1, -0.05) is 60.7 Å². The van der Waals surface area contributed by atoms with Gasteiger partial charge >= 0.3 is 0 Å². The molecule has 1 N–H and O–H groups in total. The second kappa shape index (κ2) is 10.7. The summed E-state index contributed by atoms with van der Waals surface area (Å²) in [5, 5.41) is 7.74. The van der Waals surface area contributed by atoms with E-state index in [2.05, 4.69) is 5.32 Å². The second-order valence-electron chi connectivity index (χ2n) is 8.04. The van der Waals surface area contributed by atoms with Gasteiger partial charge in [-0.3, -0.25) is 4.79 Å². The minimum absolute atomic E-state index is 0.176. The van der Waals surface area contributed by atoms with Gasteiger partial charge < -0.3 is 19.2 Å². The fraction of sp³-hybridized carbons (Fsp3) is 0.103. The number of para-hydroxylation sites is 3. The van der Waals surface area contributed by atoms with E-state index in [9.17, 15) is 4.79 Å². The average Bonchev–Trinajstić information content (AvgIpc) is 3.59. The molecule has 0 bridgehead atoms. The Morgan fingerprint density at radius 3 is 2.33 bits per heavy atom. The van der Waals surface area contributed by atoms with Gasteiger partial charge in [0.15, 0.2) is 17.3 Å². The average molecular weight is 480 g/mol. The van der Waals surface area contributed by atoms with Crippen LogP contribution in [-0.4, -0.2) is 22.8 Å². The molecule has 2 aromatic heterocycles. The number of methoxy groups -OCH3 is 1. The Morgan fingerprint density at radius 1 is 0.889 bits per heavy atom. The van der Waals surface area contributed by atoms with Crippen molar-refractivity contribution in [1.82, 2.24) is 15.1 Å². The molecule has 5 rings (SSSR count). The molecule has 2 heterocycles. The van der Waals surface area contributed by atoms with E-state index in [1.54, 1.807) is 19.2 Å². The lowest BCUT2D eigenvalue weighted by atomic mass is 10.1. The van der Waals surface area contributed by atoms with Crippen molar-refractivity contribution in [3.63, 3.8) is 0 Å². The number of amides is 1. The smallest absolute Gasteiger partial charge is 0.287 e. The number of furan rings is 1. The molecule has 5 aromatic rings. The van der Waals surface area contributed by atoms with E-state index in [0.717, 1.165) is 22.5 Å². The number of ether oxygens (including phenoxy) is 2. The molecule has 0 aliphatic carbocycles. The predicted octanol–water partition coefficient (Wildman–Crippen LogP) is 5.65. The molecule has 0 saturated carbocycles. The summed E-state index contributed by atoms with van der Waals surface area (Å²) in [6.07, 6.45) is 1.94. The zero-order valence-electron chi connectivity index (χ0n) is 19.8. The van der Waals surface area contributed by atoms with Crippen molar-refractivity contribution in [2.24, 2.45) is 0 Å². The van der Waals surface area contributed by atoms with Crippen LogP contribution in [0.1, 0.15) is 21.9 Å². The molecule has 0 atom stereocenters. The van der Waals surface area contributed by atoms with Gasteiger partial charge in [-0.25, -0.2) is 4.68 Å². The Hall–Kier alpha value is -4.78. The molecule has 0 fully saturated rings. The number of benzene rings is 3. The number of rotatable bonds is 9. The molecular weight excluding hydrogens is 454 g/mol. The van der Waals surface area contributed by atoms with Gasteiger partial charge in [0.05, 0.1) is 18.5 Å². The molecule has 0 aliphatic heterocycles. The van der Waals surface area contributed by atoms with E-state index in [0.29, 0.717) is 23.8 Å². The monoisotopic (exact) mass is 479 g/mol. The number of nitrogens with zero attached hydrogens (tertiary/aromatic N) is 2. The van der Waals surface area contributed by atoms with Crippen LogP contribution in [0, 0.1) is 0 Å². The highest BCUT2D eigenvalue weighted by Gasteiger charge is 2.16. The van der Waals surface area contributed by atoms with Crippen LogP contribution in [0.2, 0.25) is 0 Å². The molecule has 36 heavy (non-hydrogen) atoms. The molecule has 0 spiro atoms. The molecule has 0 saturated heterocycles. The van der Waals surface area contributed by atoms with Crippen LogP contribution < -0.4 is 14.8 Å². The largest absolute Gasteiger partial charge is 0.493 e. The third kappa shape index (κ3) is 5.15. The summed E-state index contributed by atoms with van der Waals surface area (Å²) < 4.78 is 18.6. The van der Waals surface area contributed by atoms with Crippen LogP contribution in [0.3, 0.4) is 0 Å². The molecule has 3 aromatic carbocycles. The molecule has 180 valence electrons. The first-order valence-electron chi connectivity index (χ1n) is 11.5. The van der Waals surface area contributed by atoms with Crippen LogP contribution in [-0.2, 0) is 13.2 Å². The quantitative estimate of drug-likeness (QED) is 0.296. The highest BCUT2D eigenvalue weighted by molar-refractivity contribution is 5.91. The Morgan fingerprint density at radius 2 is 1.58 bits per heavy atom. The topological polar surface area (TPSA) is 78.5 Å². The summed E-state index contributed by atoms with van der Waals surface area (Å²) in [5.74, 6) is 1.67. The molecule has 1 amide bonds. The zero-order chi connectivity index (χ0) is 24.7. The molecule has 7 nitrogen and oxygen atoms in total. The van der Waals surface area contributed by atoms with E-state index in [-0.39, 0.29) is 18.3 Å². The molecular formula is C29H25N3O4. The predicted molar refractivity (Wildman–Crippen MR) is 136 cm³/mol. The van der Waals surface area contributed by atoms with Crippen molar-refractivity contribution in [1.29, 1.82) is 0 Å². The number of carbonyl (C=O) groups excluding carboxylic acids is 1. The van der Waals surface area contributed by atoms with Crippen molar-refractivity contribution in [2.75, 3.05) is 7.11 Å². The van der Waals surface area contributed by atoms with Crippen molar-refractivity contribution in [2.45, 2.75) is 13.2 Å². The van der Waals surface area contributed by atoms with Gasteiger partial charge in [0, 0.05) is 23.9 Å². The first kappa shape index (κ1) is 23.0. The van der Waals surface area contributed by atoms with Crippen molar-refractivity contribution in [3.05, 3.63) is 120 Å². The van der Waals surface area contributed by atoms with Crippen LogP contribution in [0.15, 0.2) is 108 Å². The Balaban J connectivity index is 1.28. The molecule has 7 heteroatoms. The van der Waals surface area contributed by atoms with Crippen molar-refractivity contribution in [3.8, 4) is 28.4 Å². The fourth-order valence-electron chi connectivity index (χ4n) is 3.82. The van der Waals surface area contributed by atoms with Crippen LogP contribution in [0.25, 0.3) is 16.9 Å². The van der Waals surface area contributed by atoms with E-state index in [1.165, 1.54) is 0 Å². The number of hydrogen-bond donors (Lipinski definition) is 1. The maximum atomic E-state index is 12.8. The maximum Gasteiger partial charge on any atom is 0.287 e. The zero-order valence-corrected chi connectivity index (χ0v) is 19.8. The summed E-state index contributed by atoms with van der Waals surface area (Å²) in [4.78, 5) is 12.8. The SMILES string of the molecule is COc1ccccc1OCc1ccc(C(=O)NCc2cn(-c3ccccc3)nc2-c2ccccc2)o1. The third-order valence-corrected chi connectivity index (χ3v) is 5.62. The second-order valence-corrected chi connectivity index (χ2v) is 8.04. The Labute approximate surface area is 208 Å². The first-order valence-corrected chi connectivity index (χ1v) is 11.5. The van der Waals surface area contributed by atoms with E-state index in [1.807, 2.05) is 95.8 Å². The van der Waals surface area contributed by atoms with Crippen LogP contribution in [0.5, 0.6) is 11.5 Å². The van der Waals surface area contributed by atoms with Gasteiger partial charge in [0.2, 0.25) is 0 Å². The van der Waals surface area contributed by atoms with E-state index in [4.69, 9.17) is 19.0 Å². The Kier molecular flexibility index (Phi) is 6.80. The summed E-state index contributed by atoms with van der Waals surface area (Å²) in [5.41, 5.74) is 3.62. The van der Waals surface area contributed by atoms with Crippen molar-refractivity contribution >= 4 is 5.91 Å². The lowest BCUT2D eigenvalue weighted by Gasteiger charge is -2.08. The minimum atomic E-state index is -0.315. The van der Waals surface area contributed by atoms with E-state index < -0.39 is 0 Å². The third-order valence-electron chi connectivity index (χ3n) is 5.62. The van der Waals surface area contributed by atoms with Gasteiger partial charge in [0.1, 0.15) is 12.4 Å². The van der Waals surface area contributed by atoms with E-state index >= 15 is 0 Å². The molecule has 0 unspecified atom stereocenters. The van der Waals surface area contributed by atoms with Crippen LogP contribution >= 0.6 is 0 Å². The number of hydrogen-bond acceptors (Lipinski definition) is 5. The van der Waals surface area contributed by atoms with Gasteiger partial charge in [-0.15, -0.1) is 0 Å². The highest BCUT2D eigenvalue weighted by Crippen LogP contribution is 2.27.